The predicted molar refractivity (Wildman–Crippen MR) is 99.8 cm³/mol. The summed E-state index contributed by atoms with van der Waals surface area (Å²) in [5.74, 6) is 0.910. The van der Waals surface area contributed by atoms with Crippen LogP contribution in [0.5, 0.6) is 0 Å². The second kappa shape index (κ2) is 8.18. The molecule has 1 aliphatic heterocycles. The molecule has 27 heavy (non-hydrogen) atoms. The van der Waals surface area contributed by atoms with Gasteiger partial charge in [0, 0.05) is 57.0 Å². The number of nitrogens with one attached hydrogen (secondary N) is 1. The molecule has 142 valence electrons. The van der Waals surface area contributed by atoms with Crippen molar-refractivity contribution in [1.29, 1.82) is 5.26 Å². The minimum Gasteiger partial charge on any atom is -0.383 e. The fourth-order valence-electron chi connectivity index (χ4n) is 3.53. The van der Waals surface area contributed by atoms with Gasteiger partial charge in [0.25, 0.3) is 0 Å². The van der Waals surface area contributed by atoms with Crippen LogP contribution < -0.4 is 5.32 Å². The van der Waals surface area contributed by atoms with E-state index in [9.17, 15) is 4.79 Å². The molecule has 1 aliphatic rings. The molecule has 0 saturated carbocycles. The number of hydrogen-bond donors (Lipinski definition) is 1. The van der Waals surface area contributed by atoms with Crippen LogP contribution in [-0.2, 0) is 16.6 Å². The lowest BCUT2D eigenvalue weighted by molar-refractivity contribution is -0.129. The maximum absolute atomic E-state index is 12.7. The number of carbonyl (C=O) groups is 1. The summed E-state index contributed by atoms with van der Waals surface area (Å²) in [7, 11) is 3.55. The molecule has 3 rings (SSSR count). The molecule has 0 unspecified atom stereocenters. The predicted octanol–water partition coefficient (Wildman–Crippen LogP) is 1.64. The molecule has 0 bridgehead atoms. The molecule has 0 radical (unpaired) electrons. The SMILES string of the molecule is COCCN1C(=O)C[C@@H](CNc2ccc(C#N)cn2)[C@@H]1c1cnn(C)c1C. The Balaban J connectivity index is 1.79. The van der Waals surface area contributed by atoms with Gasteiger partial charge < -0.3 is 15.0 Å². The Morgan fingerprint density at radius 2 is 2.22 bits per heavy atom. The van der Waals surface area contributed by atoms with Gasteiger partial charge in [-0.3, -0.25) is 9.48 Å². The molecule has 2 aromatic heterocycles. The monoisotopic (exact) mass is 368 g/mol. The Morgan fingerprint density at radius 3 is 2.81 bits per heavy atom. The normalized spacial score (nSPS) is 19.3. The largest absolute Gasteiger partial charge is 0.383 e. The van der Waals surface area contributed by atoms with E-state index in [1.807, 2.05) is 29.7 Å². The molecule has 2 atom stereocenters. The van der Waals surface area contributed by atoms with E-state index in [1.54, 1.807) is 19.2 Å². The zero-order chi connectivity index (χ0) is 19.4. The van der Waals surface area contributed by atoms with E-state index in [4.69, 9.17) is 10.00 Å². The van der Waals surface area contributed by atoms with E-state index < -0.39 is 0 Å². The molecule has 3 heterocycles. The quantitative estimate of drug-likeness (QED) is 0.798. The van der Waals surface area contributed by atoms with Crippen molar-refractivity contribution in [2.45, 2.75) is 19.4 Å². The number of carbonyl (C=O) groups excluding carboxylic acids is 1. The maximum Gasteiger partial charge on any atom is 0.223 e. The molecule has 0 spiro atoms. The fraction of sp³-hybridized carbons (Fsp3) is 0.474. The number of pyridine rings is 1. The average molecular weight is 368 g/mol. The van der Waals surface area contributed by atoms with Crippen LogP contribution in [0.2, 0.25) is 0 Å². The molecule has 1 saturated heterocycles. The van der Waals surface area contributed by atoms with Gasteiger partial charge in [-0.15, -0.1) is 0 Å². The van der Waals surface area contributed by atoms with Gasteiger partial charge in [0.1, 0.15) is 11.9 Å². The van der Waals surface area contributed by atoms with Gasteiger partial charge in [-0.25, -0.2) is 4.98 Å². The zero-order valence-corrected chi connectivity index (χ0v) is 15.8. The molecule has 8 heteroatoms. The third-order valence-electron chi connectivity index (χ3n) is 5.11. The maximum atomic E-state index is 12.7. The second-order valence-electron chi connectivity index (χ2n) is 6.72. The number of aryl methyl sites for hydroxylation is 1. The number of aromatic nitrogens is 3. The minimum absolute atomic E-state index is 0.0489. The molecule has 1 fully saturated rings. The Morgan fingerprint density at radius 1 is 1.41 bits per heavy atom. The highest BCUT2D eigenvalue weighted by molar-refractivity contribution is 5.80. The number of methoxy groups -OCH3 is 1. The van der Waals surface area contributed by atoms with Gasteiger partial charge in [-0.05, 0) is 19.1 Å². The van der Waals surface area contributed by atoms with Gasteiger partial charge in [-0.1, -0.05) is 0 Å². The van der Waals surface area contributed by atoms with Crippen molar-refractivity contribution >= 4 is 11.7 Å². The standard InChI is InChI=1S/C19H24N6O2/c1-13-16(12-23-24(13)2)19-15(8-18(26)25(19)6-7-27-3)11-22-17-5-4-14(9-20)10-21-17/h4-5,10,12,15,19H,6-8,11H2,1-3H3,(H,21,22)/t15-,19+/m0/s1. The number of amides is 1. The van der Waals surface area contributed by atoms with Crippen LogP contribution in [-0.4, -0.2) is 52.4 Å². The van der Waals surface area contributed by atoms with Crippen molar-refractivity contribution in [1.82, 2.24) is 19.7 Å². The number of hydrogen-bond acceptors (Lipinski definition) is 6. The summed E-state index contributed by atoms with van der Waals surface area (Å²) in [4.78, 5) is 18.8. The summed E-state index contributed by atoms with van der Waals surface area (Å²) in [6.07, 6.45) is 3.85. The molecule has 8 nitrogen and oxygen atoms in total. The lowest BCUT2D eigenvalue weighted by Crippen LogP contribution is -2.33. The van der Waals surface area contributed by atoms with Crippen LogP contribution in [0.15, 0.2) is 24.5 Å². The van der Waals surface area contributed by atoms with Crippen LogP contribution in [0.25, 0.3) is 0 Å². The lowest BCUT2D eigenvalue weighted by Gasteiger charge is -2.28. The van der Waals surface area contributed by atoms with Crippen LogP contribution in [0.1, 0.15) is 29.3 Å². The first-order valence-corrected chi connectivity index (χ1v) is 8.92. The molecule has 0 aliphatic carbocycles. The zero-order valence-electron chi connectivity index (χ0n) is 15.8. The first kappa shape index (κ1) is 18.9. The topological polar surface area (TPSA) is 96.1 Å². The molecule has 1 amide bonds. The Labute approximate surface area is 158 Å². The molecule has 0 aromatic carbocycles. The van der Waals surface area contributed by atoms with Gasteiger partial charge in [0.2, 0.25) is 5.91 Å². The van der Waals surface area contributed by atoms with Crippen LogP contribution >= 0.6 is 0 Å². The number of rotatable bonds is 7. The van der Waals surface area contributed by atoms with Crippen LogP contribution in [0, 0.1) is 24.2 Å². The van der Waals surface area contributed by atoms with E-state index in [-0.39, 0.29) is 17.9 Å². The number of ether oxygens (including phenoxy) is 1. The Bertz CT molecular complexity index is 839. The number of likely N-dealkylation sites (tertiary alicyclic amines) is 1. The fourth-order valence-corrected chi connectivity index (χ4v) is 3.53. The summed E-state index contributed by atoms with van der Waals surface area (Å²) in [6, 6.07) is 5.51. The summed E-state index contributed by atoms with van der Waals surface area (Å²) in [5.41, 5.74) is 2.64. The van der Waals surface area contributed by atoms with Crippen LogP contribution in [0.3, 0.4) is 0 Å². The molecule has 1 N–H and O–H groups in total. The number of anilines is 1. The highest BCUT2D eigenvalue weighted by Crippen LogP contribution is 2.39. The summed E-state index contributed by atoms with van der Waals surface area (Å²) >= 11 is 0. The van der Waals surface area contributed by atoms with Crippen molar-refractivity contribution in [2.75, 3.05) is 32.1 Å². The van der Waals surface area contributed by atoms with Gasteiger partial charge in [0.05, 0.1) is 24.4 Å². The van der Waals surface area contributed by atoms with Gasteiger partial charge in [0.15, 0.2) is 0 Å². The number of nitriles is 1. The lowest BCUT2D eigenvalue weighted by atomic mass is 9.94. The van der Waals surface area contributed by atoms with Crippen molar-refractivity contribution in [2.24, 2.45) is 13.0 Å². The van der Waals surface area contributed by atoms with Gasteiger partial charge >= 0.3 is 0 Å². The van der Waals surface area contributed by atoms with Gasteiger partial charge in [-0.2, -0.15) is 10.4 Å². The van der Waals surface area contributed by atoms with Crippen molar-refractivity contribution < 1.29 is 9.53 Å². The number of nitrogens with zero attached hydrogens (tertiary/aromatic N) is 5. The highest BCUT2D eigenvalue weighted by Gasteiger charge is 2.41. The van der Waals surface area contributed by atoms with Crippen molar-refractivity contribution in [3.05, 3.63) is 41.3 Å². The van der Waals surface area contributed by atoms with Crippen LogP contribution in [0.4, 0.5) is 5.82 Å². The van der Waals surface area contributed by atoms with Crippen molar-refractivity contribution in [3.63, 3.8) is 0 Å². The van der Waals surface area contributed by atoms with E-state index in [2.05, 4.69) is 21.5 Å². The first-order chi connectivity index (χ1) is 13.0. The van der Waals surface area contributed by atoms with Crippen molar-refractivity contribution in [3.8, 4) is 6.07 Å². The highest BCUT2D eigenvalue weighted by atomic mass is 16.5. The van der Waals surface area contributed by atoms with E-state index in [1.165, 1.54) is 6.20 Å². The minimum atomic E-state index is -0.0489. The smallest absolute Gasteiger partial charge is 0.223 e. The summed E-state index contributed by atoms with van der Waals surface area (Å²) < 4.78 is 7.02. The molecular weight excluding hydrogens is 344 g/mol. The third kappa shape index (κ3) is 3.93. The van der Waals surface area contributed by atoms with E-state index in [0.717, 1.165) is 11.3 Å². The van der Waals surface area contributed by atoms with E-state index >= 15 is 0 Å². The molecular formula is C19H24N6O2. The Hall–Kier alpha value is -2.92. The third-order valence-corrected chi connectivity index (χ3v) is 5.11. The Kier molecular flexibility index (Phi) is 5.72. The van der Waals surface area contributed by atoms with E-state index in [0.29, 0.717) is 37.5 Å². The summed E-state index contributed by atoms with van der Waals surface area (Å²) in [6.45, 7) is 3.68. The summed E-state index contributed by atoms with van der Waals surface area (Å²) in [5, 5.41) is 16.5. The second-order valence-corrected chi connectivity index (χ2v) is 6.72. The first-order valence-electron chi connectivity index (χ1n) is 8.92. The molecule has 2 aromatic rings. The average Bonchev–Trinajstić information content (AvgIpc) is 3.17.